The van der Waals surface area contributed by atoms with Crippen molar-refractivity contribution in [2.45, 2.75) is 66.2 Å². The SMILES string of the molecule is CC(C)C(C)(C)NC(=O)CN(OCc1ccccc1)C(C)(C)C. The van der Waals surface area contributed by atoms with E-state index in [1.807, 2.05) is 65.0 Å². The zero-order valence-electron chi connectivity index (χ0n) is 15.6. The van der Waals surface area contributed by atoms with Gasteiger partial charge in [0.1, 0.15) is 6.54 Å². The monoisotopic (exact) mass is 320 g/mol. The van der Waals surface area contributed by atoms with E-state index in [4.69, 9.17) is 4.84 Å². The van der Waals surface area contributed by atoms with Crippen molar-refractivity contribution in [3.05, 3.63) is 35.9 Å². The minimum Gasteiger partial charge on any atom is -0.350 e. The van der Waals surface area contributed by atoms with Crippen molar-refractivity contribution < 1.29 is 9.63 Å². The number of amides is 1. The maximum atomic E-state index is 12.4. The van der Waals surface area contributed by atoms with Crippen LogP contribution in [0.1, 0.15) is 54.0 Å². The number of hydrogen-bond acceptors (Lipinski definition) is 3. The molecule has 1 aromatic rings. The second-order valence-corrected chi connectivity index (χ2v) is 7.89. The summed E-state index contributed by atoms with van der Waals surface area (Å²) in [7, 11) is 0. The van der Waals surface area contributed by atoms with Crippen LogP contribution in [0.2, 0.25) is 0 Å². The van der Waals surface area contributed by atoms with Crippen LogP contribution in [-0.2, 0) is 16.2 Å². The van der Waals surface area contributed by atoms with Gasteiger partial charge in [-0.05, 0) is 46.1 Å². The summed E-state index contributed by atoms with van der Waals surface area (Å²) in [6, 6.07) is 9.98. The Morgan fingerprint density at radius 1 is 1.13 bits per heavy atom. The molecule has 0 aliphatic heterocycles. The average Bonchev–Trinajstić information content (AvgIpc) is 2.42. The van der Waals surface area contributed by atoms with Gasteiger partial charge in [0.05, 0.1) is 6.61 Å². The summed E-state index contributed by atoms with van der Waals surface area (Å²) < 4.78 is 0. The van der Waals surface area contributed by atoms with Gasteiger partial charge in [0, 0.05) is 11.1 Å². The lowest BCUT2D eigenvalue weighted by molar-refractivity contribution is -0.218. The Hall–Kier alpha value is -1.39. The smallest absolute Gasteiger partial charge is 0.237 e. The molecule has 23 heavy (non-hydrogen) atoms. The van der Waals surface area contributed by atoms with Crippen molar-refractivity contribution in [3.63, 3.8) is 0 Å². The predicted molar refractivity (Wildman–Crippen MR) is 94.7 cm³/mol. The van der Waals surface area contributed by atoms with Gasteiger partial charge in [-0.3, -0.25) is 9.63 Å². The first-order chi connectivity index (χ1) is 10.5. The van der Waals surface area contributed by atoms with Crippen LogP contribution in [0.5, 0.6) is 0 Å². The molecular weight excluding hydrogens is 288 g/mol. The second-order valence-electron chi connectivity index (χ2n) is 7.89. The molecule has 0 radical (unpaired) electrons. The number of nitrogens with zero attached hydrogens (tertiary/aromatic N) is 1. The molecule has 1 rings (SSSR count). The summed E-state index contributed by atoms with van der Waals surface area (Å²) in [5.74, 6) is 0.339. The summed E-state index contributed by atoms with van der Waals surface area (Å²) in [4.78, 5) is 18.3. The highest BCUT2D eigenvalue weighted by Crippen LogP contribution is 2.18. The van der Waals surface area contributed by atoms with Gasteiger partial charge in [-0.15, -0.1) is 0 Å². The molecule has 1 N–H and O–H groups in total. The summed E-state index contributed by atoms with van der Waals surface area (Å²) >= 11 is 0. The fraction of sp³-hybridized carbons (Fsp3) is 0.632. The highest BCUT2D eigenvalue weighted by atomic mass is 16.7. The third-order valence-electron chi connectivity index (χ3n) is 4.17. The number of hydrogen-bond donors (Lipinski definition) is 1. The molecule has 0 heterocycles. The van der Waals surface area contributed by atoms with Crippen molar-refractivity contribution in [1.29, 1.82) is 0 Å². The Labute approximate surface area is 141 Å². The van der Waals surface area contributed by atoms with Crippen LogP contribution in [0.15, 0.2) is 30.3 Å². The van der Waals surface area contributed by atoms with Crippen molar-refractivity contribution in [2.75, 3.05) is 6.54 Å². The Morgan fingerprint density at radius 2 is 1.70 bits per heavy atom. The second kappa shape index (κ2) is 7.93. The summed E-state index contributed by atoms with van der Waals surface area (Å²) in [6.07, 6.45) is 0. The van der Waals surface area contributed by atoms with Crippen LogP contribution < -0.4 is 5.32 Å². The molecule has 1 aromatic carbocycles. The number of nitrogens with one attached hydrogen (secondary N) is 1. The molecule has 0 aromatic heterocycles. The first-order valence-corrected chi connectivity index (χ1v) is 8.28. The Bertz CT molecular complexity index is 490. The van der Waals surface area contributed by atoms with Gasteiger partial charge >= 0.3 is 0 Å². The standard InChI is InChI=1S/C19H32N2O2/c1-15(2)19(6,7)20-17(22)13-21(18(3,4)5)23-14-16-11-9-8-10-12-16/h8-12,15H,13-14H2,1-7H3,(H,20,22). The lowest BCUT2D eigenvalue weighted by Gasteiger charge is -2.36. The number of rotatable bonds is 7. The Kier molecular flexibility index (Phi) is 6.78. The van der Waals surface area contributed by atoms with Crippen molar-refractivity contribution in [2.24, 2.45) is 5.92 Å². The van der Waals surface area contributed by atoms with Crippen molar-refractivity contribution in [1.82, 2.24) is 10.4 Å². The molecule has 0 fully saturated rings. The number of carbonyl (C=O) groups excluding carboxylic acids is 1. The molecule has 0 unspecified atom stereocenters. The number of carbonyl (C=O) groups is 1. The van der Waals surface area contributed by atoms with E-state index in [-0.39, 0.29) is 23.5 Å². The molecule has 0 saturated carbocycles. The quantitative estimate of drug-likeness (QED) is 0.778. The molecule has 0 bridgehead atoms. The van der Waals surface area contributed by atoms with Crippen molar-refractivity contribution >= 4 is 5.91 Å². The largest absolute Gasteiger partial charge is 0.350 e. The van der Waals surface area contributed by atoms with E-state index in [1.165, 1.54) is 0 Å². The van der Waals surface area contributed by atoms with E-state index >= 15 is 0 Å². The summed E-state index contributed by atoms with van der Waals surface area (Å²) in [5, 5.41) is 4.85. The molecule has 0 spiro atoms. The third kappa shape index (κ3) is 6.71. The maximum absolute atomic E-state index is 12.4. The van der Waals surface area contributed by atoms with Crippen LogP contribution in [0, 0.1) is 5.92 Å². The average molecular weight is 320 g/mol. The molecule has 4 heteroatoms. The van der Waals surface area contributed by atoms with E-state index < -0.39 is 0 Å². The van der Waals surface area contributed by atoms with Gasteiger partial charge in [-0.25, -0.2) is 0 Å². The molecule has 0 aliphatic rings. The topological polar surface area (TPSA) is 41.6 Å². The lowest BCUT2D eigenvalue weighted by atomic mass is 9.91. The van der Waals surface area contributed by atoms with E-state index in [9.17, 15) is 4.79 Å². The van der Waals surface area contributed by atoms with Crippen LogP contribution in [-0.4, -0.2) is 28.6 Å². The van der Waals surface area contributed by atoms with Crippen LogP contribution >= 0.6 is 0 Å². The van der Waals surface area contributed by atoms with Gasteiger partial charge in [0.15, 0.2) is 0 Å². The molecule has 4 nitrogen and oxygen atoms in total. The van der Waals surface area contributed by atoms with E-state index in [0.717, 1.165) is 5.56 Å². The minimum atomic E-state index is -0.256. The maximum Gasteiger partial charge on any atom is 0.237 e. The minimum absolute atomic E-state index is 0.0216. The molecular formula is C19H32N2O2. The van der Waals surface area contributed by atoms with Gasteiger partial charge in [-0.2, -0.15) is 5.06 Å². The Balaban J connectivity index is 2.67. The first kappa shape index (κ1) is 19.7. The zero-order valence-corrected chi connectivity index (χ0v) is 15.6. The molecule has 0 aliphatic carbocycles. The van der Waals surface area contributed by atoms with Gasteiger partial charge in [-0.1, -0.05) is 44.2 Å². The number of hydroxylamine groups is 2. The van der Waals surface area contributed by atoms with Gasteiger partial charge in [0.25, 0.3) is 0 Å². The summed E-state index contributed by atoms with van der Waals surface area (Å²) in [6.45, 7) is 15.1. The number of benzene rings is 1. The van der Waals surface area contributed by atoms with Crippen LogP contribution in [0.3, 0.4) is 0 Å². The predicted octanol–water partition coefficient (Wildman–Crippen LogP) is 3.77. The molecule has 0 atom stereocenters. The summed E-state index contributed by atoms with van der Waals surface area (Å²) in [5.41, 5.74) is 0.596. The van der Waals surface area contributed by atoms with Crippen molar-refractivity contribution in [3.8, 4) is 0 Å². The van der Waals surface area contributed by atoms with Gasteiger partial charge < -0.3 is 5.32 Å². The lowest BCUT2D eigenvalue weighted by Crippen LogP contribution is -2.53. The normalized spacial score (nSPS) is 12.7. The van der Waals surface area contributed by atoms with Crippen LogP contribution in [0.4, 0.5) is 0 Å². The van der Waals surface area contributed by atoms with Crippen LogP contribution in [0.25, 0.3) is 0 Å². The first-order valence-electron chi connectivity index (χ1n) is 8.28. The van der Waals surface area contributed by atoms with E-state index in [0.29, 0.717) is 12.5 Å². The highest BCUT2D eigenvalue weighted by molar-refractivity contribution is 5.78. The third-order valence-corrected chi connectivity index (χ3v) is 4.17. The molecule has 130 valence electrons. The fourth-order valence-electron chi connectivity index (χ4n) is 1.88. The van der Waals surface area contributed by atoms with E-state index in [1.54, 1.807) is 5.06 Å². The van der Waals surface area contributed by atoms with Gasteiger partial charge in [0.2, 0.25) is 5.91 Å². The highest BCUT2D eigenvalue weighted by Gasteiger charge is 2.29. The molecule has 1 amide bonds. The fourth-order valence-corrected chi connectivity index (χ4v) is 1.88. The zero-order chi connectivity index (χ0) is 17.7. The molecule has 0 saturated heterocycles. The van der Waals surface area contributed by atoms with E-state index in [2.05, 4.69) is 19.2 Å². The Morgan fingerprint density at radius 3 is 2.17 bits per heavy atom.